The standard InChI is InChI=1S/C7H11N3S/c1-4-5(2)10-7(11-3)6(8)9-4/h1-3H3,(H2,8,9). The number of nitrogens with zero attached hydrogens (tertiary/aromatic N) is 2. The van der Waals surface area contributed by atoms with Gasteiger partial charge in [0, 0.05) is 0 Å². The molecular weight excluding hydrogens is 158 g/mol. The van der Waals surface area contributed by atoms with Crippen molar-refractivity contribution < 1.29 is 0 Å². The lowest BCUT2D eigenvalue weighted by atomic mass is 10.3. The second kappa shape index (κ2) is 3.09. The second-order valence-corrected chi connectivity index (χ2v) is 3.08. The Morgan fingerprint density at radius 1 is 1.18 bits per heavy atom. The maximum absolute atomic E-state index is 5.61. The summed E-state index contributed by atoms with van der Waals surface area (Å²) in [5, 5.41) is 0.813. The normalized spacial score (nSPS) is 10.1. The minimum Gasteiger partial charge on any atom is -0.381 e. The highest BCUT2D eigenvalue weighted by atomic mass is 32.2. The van der Waals surface area contributed by atoms with Crippen molar-refractivity contribution in [3.63, 3.8) is 0 Å². The fourth-order valence-corrected chi connectivity index (χ4v) is 1.23. The number of anilines is 1. The van der Waals surface area contributed by atoms with Crippen molar-refractivity contribution in [3.8, 4) is 0 Å². The first-order valence-corrected chi connectivity index (χ1v) is 4.52. The number of thioether (sulfide) groups is 1. The van der Waals surface area contributed by atoms with Gasteiger partial charge in [-0.05, 0) is 20.1 Å². The van der Waals surface area contributed by atoms with E-state index in [1.165, 1.54) is 11.8 Å². The van der Waals surface area contributed by atoms with Gasteiger partial charge in [0.2, 0.25) is 0 Å². The number of nitrogen functional groups attached to an aromatic ring is 1. The van der Waals surface area contributed by atoms with Crippen molar-refractivity contribution >= 4 is 17.6 Å². The predicted octanol–water partition coefficient (Wildman–Crippen LogP) is 1.40. The number of aryl methyl sites for hydroxylation is 2. The third kappa shape index (κ3) is 1.63. The first-order chi connectivity index (χ1) is 5.15. The molecule has 0 spiro atoms. The van der Waals surface area contributed by atoms with Gasteiger partial charge in [0.25, 0.3) is 0 Å². The van der Waals surface area contributed by atoms with E-state index in [9.17, 15) is 0 Å². The molecule has 0 aromatic carbocycles. The molecule has 0 aliphatic heterocycles. The Balaban J connectivity index is 3.21. The number of hydrogen-bond acceptors (Lipinski definition) is 4. The van der Waals surface area contributed by atoms with Gasteiger partial charge in [-0.3, -0.25) is 0 Å². The minimum atomic E-state index is 0.528. The smallest absolute Gasteiger partial charge is 0.156 e. The fourth-order valence-electron chi connectivity index (χ4n) is 0.750. The number of nitrogens with two attached hydrogens (primary N) is 1. The van der Waals surface area contributed by atoms with Crippen LogP contribution in [0.4, 0.5) is 5.82 Å². The maximum Gasteiger partial charge on any atom is 0.156 e. The third-order valence-corrected chi connectivity index (χ3v) is 2.18. The summed E-state index contributed by atoms with van der Waals surface area (Å²) in [5.41, 5.74) is 7.46. The average molecular weight is 169 g/mol. The van der Waals surface area contributed by atoms with Crippen molar-refractivity contribution in [2.75, 3.05) is 12.0 Å². The van der Waals surface area contributed by atoms with E-state index in [2.05, 4.69) is 9.97 Å². The molecule has 0 amide bonds. The molecule has 1 aromatic rings. The van der Waals surface area contributed by atoms with Crippen LogP contribution in [0.5, 0.6) is 0 Å². The Morgan fingerprint density at radius 3 is 2.27 bits per heavy atom. The third-order valence-electron chi connectivity index (χ3n) is 1.49. The zero-order chi connectivity index (χ0) is 8.43. The molecule has 0 saturated carbocycles. The Bertz CT molecular complexity index is 273. The van der Waals surface area contributed by atoms with E-state index >= 15 is 0 Å². The predicted molar refractivity (Wildman–Crippen MR) is 47.7 cm³/mol. The van der Waals surface area contributed by atoms with Crippen molar-refractivity contribution in [3.05, 3.63) is 11.4 Å². The highest BCUT2D eigenvalue weighted by Gasteiger charge is 2.03. The lowest BCUT2D eigenvalue weighted by Gasteiger charge is -2.03. The second-order valence-electron chi connectivity index (χ2n) is 2.29. The Kier molecular flexibility index (Phi) is 2.34. The monoisotopic (exact) mass is 169 g/mol. The zero-order valence-corrected chi connectivity index (χ0v) is 7.70. The molecule has 1 heterocycles. The molecule has 0 radical (unpaired) electrons. The molecule has 2 N–H and O–H groups in total. The van der Waals surface area contributed by atoms with Gasteiger partial charge in [-0.2, -0.15) is 0 Å². The van der Waals surface area contributed by atoms with Gasteiger partial charge < -0.3 is 5.73 Å². The first-order valence-electron chi connectivity index (χ1n) is 3.30. The van der Waals surface area contributed by atoms with Crippen LogP contribution in [-0.2, 0) is 0 Å². The molecular formula is C7H11N3S. The lowest BCUT2D eigenvalue weighted by molar-refractivity contribution is 0.971. The van der Waals surface area contributed by atoms with E-state index < -0.39 is 0 Å². The van der Waals surface area contributed by atoms with Crippen molar-refractivity contribution in [2.24, 2.45) is 0 Å². The van der Waals surface area contributed by atoms with Crippen LogP contribution in [-0.4, -0.2) is 16.2 Å². The number of aromatic nitrogens is 2. The van der Waals surface area contributed by atoms with Gasteiger partial charge in [-0.1, -0.05) is 0 Å². The van der Waals surface area contributed by atoms with E-state index in [1.807, 2.05) is 20.1 Å². The minimum absolute atomic E-state index is 0.528. The summed E-state index contributed by atoms with van der Waals surface area (Å²) in [4.78, 5) is 8.40. The van der Waals surface area contributed by atoms with Crippen LogP contribution in [0, 0.1) is 13.8 Å². The van der Waals surface area contributed by atoms with Gasteiger partial charge >= 0.3 is 0 Å². The SMILES string of the molecule is CSc1nc(C)c(C)nc1N. The molecule has 1 aromatic heterocycles. The molecule has 3 nitrogen and oxygen atoms in total. The van der Waals surface area contributed by atoms with Crippen LogP contribution in [0.1, 0.15) is 11.4 Å². The van der Waals surface area contributed by atoms with Crippen LogP contribution in [0.3, 0.4) is 0 Å². The summed E-state index contributed by atoms with van der Waals surface area (Å²) in [6.07, 6.45) is 1.94. The lowest BCUT2D eigenvalue weighted by Crippen LogP contribution is -2.00. The molecule has 11 heavy (non-hydrogen) atoms. The fraction of sp³-hybridized carbons (Fsp3) is 0.429. The van der Waals surface area contributed by atoms with Gasteiger partial charge in [0.1, 0.15) is 5.03 Å². The summed E-state index contributed by atoms with van der Waals surface area (Å²) in [5.74, 6) is 0.528. The van der Waals surface area contributed by atoms with E-state index in [0.717, 1.165) is 16.4 Å². The Hall–Kier alpha value is -0.770. The molecule has 0 aliphatic carbocycles. The summed E-state index contributed by atoms with van der Waals surface area (Å²) >= 11 is 1.52. The zero-order valence-electron chi connectivity index (χ0n) is 6.88. The van der Waals surface area contributed by atoms with Crippen LogP contribution in [0.25, 0.3) is 0 Å². The van der Waals surface area contributed by atoms with Crippen LogP contribution < -0.4 is 5.73 Å². The van der Waals surface area contributed by atoms with E-state index in [0.29, 0.717) is 5.82 Å². The average Bonchev–Trinajstić information content (AvgIpc) is 1.97. The Labute approximate surface area is 70.4 Å². The number of rotatable bonds is 1. The van der Waals surface area contributed by atoms with E-state index in [1.54, 1.807) is 0 Å². The summed E-state index contributed by atoms with van der Waals surface area (Å²) in [6.45, 7) is 3.84. The van der Waals surface area contributed by atoms with Crippen molar-refractivity contribution in [2.45, 2.75) is 18.9 Å². The quantitative estimate of drug-likeness (QED) is 0.645. The molecule has 1 rings (SSSR count). The highest BCUT2D eigenvalue weighted by Crippen LogP contribution is 2.18. The van der Waals surface area contributed by atoms with Gasteiger partial charge in [0.15, 0.2) is 5.82 Å². The van der Waals surface area contributed by atoms with Crippen LogP contribution >= 0.6 is 11.8 Å². The molecule has 0 saturated heterocycles. The Morgan fingerprint density at radius 2 is 1.73 bits per heavy atom. The van der Waals surface area contributed by atoms with Gasteiger partial charge in [-0.25, -0.2) is 9.97 Å². The molecule has 60 valence electrons. The molecule has 0 bridgehead atoms. The van der Waals surface area contributed by atoms with E-state index in [4.69, 9.17) is 5.73 Å². The molecule has 0 unspecified atom stereocenters. The maximum atomic E-state index is 5.61. The topological polar surface area (TPSA) is 51.8 Å². The molecule has 4 heteroatoms. The molecule has 0 atom stereocenters. The van der Waals surface area contributed by atoms with E-state index in [-0.39, 0.29) is 0 Å². The summed E-state index contributed by atoms with van der Waals surface area (Å²) in [7, 11) is 0. The summed E-state index contributed by atoms with van der Waals surface area (Å²) < 4.78 is 0. The number of hydrogen-bond donors (Lipinski definition) is 1. The van der Waals surface area contributed by atoms with Gasteiger partial charge in [0.05, 0.1) is 11.4 Å². The molecule has 0 fully saturated rings. The largest absolute Gasteiger partial charge is 0.381 e. The van der Waals surface area contributed by atoms with Crippen molar-refractivity contribution in [1.29, 1.82) is 0 Å². The molecule has 0 aliphatic rings. The van der Waals surface area contributed by atoms with Gasteiger partial charge in [-0.15, -0.1) is 11.8 Å². The highest BCUT2D eigenvalue weighted by molar-refractivity contribution is 7.98. The van der Waals surface area contributed by atoms with Crippen LogP contribution in [0.15, 0.2) is 5.03 Å². The summed E-state index contributed by atoms with van der Waals surface area (Å²) in [6, 6.07) is 0. The van der Waals surface area contributed by atoms with Crippen LogP contribution in [0.2, 0.25) is 0 Å². The first kappa shape index (κ1) is 8.33. The van der Waals surface area contributed by atoms with Crippen molar-refractivity contribution in [1.82, 2.24) is 9.97 Å².